The Kier molecular flexibility index (Phi) is 8.68. The first-order valence-electron chi connectivity index (χ1n) is 15.6. The van der Waals surface area contributed by atoms with Crippen LogP contribution in [0.25, 0.3) is 28.0 Å². The second kappa shape index (κ2) is 12.7. The van der Waals surface area contributed by atoms with Gasteiger partial charge in [0.1, 0.15) is 16.9 Å². The molecule has 1 amide bonds. The number of likely N-dealkylation sites (tertiary alicyclic amines) is 1. The van der Waals surface area contributed by atoms with Crippen LogP contribution >= 0.6 is 0 Å². The molecule has 0 atom stereocenters. The van der Waals surface area contributed by atoms with Crippen LogP contribution in [0.15, 0.2) is 72.3 Å². The van der Waals surface area contributed by atoms with Gasteiger partial charge in [-0.15, -0.1) is 0 Å². The van der Waals surface area contributed by atoms with Crippen LogP contribution in [0.2, 0.25) is 0 Å². The summed E-state index contributed by atoms with van der Waals surface area (Å²) in [4.78, 5) is 36.2. The normalized spacial score (nSPS) is 15.2. The third kappa shape index (κ3) is 7.26. The molecule has 2 N–H and O–H groups in total. The van der Waals surface area contributed by atoms with Crippen LogP contribution in [0.1, 0.15) is 44.7 Å². The van der Waals surface area contributed by atoms with Crippen LogP contribution in [-0.4, -0.2) is 69.3 Å². The van der Waals surface area contributed by atoms with Crippen LogP contribution in [0, 0.1) is 5.82 Å². The summed E-state index contributed by atoms with van der Waals surface area (Å²) in [6.07, 6.45) is 6.87. The number of hydrogen-bond acceptors (Lipinski definition) is 8. The number of nitrogens with zero attached hydrogens (tertiary/aromatic N) is 7. The molecule has 5 aromatic rings. The van der Waals surface area contributed by atoms with Gasteiger partial charge in [0.25, 0.3) is 5.56 Å². The van der Waals surface area contributed by atoms with Crippen LogP contribution in [-0.2, 0) is 31.4 Å². The number of aromatic nitrogens is 6. The van der Waals surface area contributed by atoms with E-state index in [0.717, 1.165) is 11.1 Å². The number of benzene rings is 2. The molecule has 47 heavy (non-hydrogen) atoms. The number of aliphatic hydroxyl groups is 1. The predicted octanol–water partition coefficient (Wildman–Crippen LogP) is 4.17. The number of piperidine rings is 1. The number of ether oxygens (including phenoxy) is 1. The number of amides is 1. The van der Waals surface area contributed by atoms with Crippen molar-refractivity contribution < 1.29 is 19.0 Å². The van der Waals surface area contributed by atoms with Gasteiger partial charge in [-0.2, -0.15) is 5.10 Å². The minimum absolute atomic E-state index is 0.0851. The molecule has 0 saturated carbocycles. The molecule has 1 aliphatic heterocycles. The molecule has 2 aromatic carbocycles. The van der Waals surface area contributed by atoms with E-state index in [9.17, 15) is 19.1 Å². The molecule has 1 saturated heterocycles. The lowest BCUT2D eigenvalue weighted by molar-refractivity contribution is -0.0366. The fourth-order valence-corrected chi connectivity index (χ4v) is 5.88. The molecular weight excluding hydrogens is 603 g/mol. The van der Waals surface area contributed by atoms with Crippen molar-refractivity contribution in [2.75, 3.05) is 13.1 Å². The smallest absolute Gasteiger partial charge is 0.407 e. The van der Waals surface area contributed by atoms with Gasteiger partial charge in [-0.05, 0) is 51.3 Å². The van der Waals surface area contributed by atoms with E-state index in [-0.39, 0.29) is 23.4 Å². The van der Waals surface area contributed by atoms with Gasteiger partial charge in [0.15, 0.2) is 5.52 Å². The fourth-order valence-electron chi connectivity index (χ4n) is 5.88. The molecule has 12 nitrogen and oxygen atoms in total. The first-order chi connectivity index (χ1) is 22.4. The molecule has 246 valence electrons. The van der Waals surface area contributed by atoms with Crippen molar-refractivity contribution in [3.63, 3.8) is 0 Å². The van der Waals surface area contributed by atoms with Crippen LogP contribution in [0.4, 0.5) is 9.18 Å². The van der Waals surface area contributed by atoms with Gasteiger partial charge in [-0.3, -0.25) is 18.9 Å². The number of alkyl carbamates (subject to hydrolysis) is 1. The van der Waals surface area contributed by atoms with Crippen molar-refractivity contribution in [1.82, 2.24) is 39.1 Å². The first-order valence-corrected chi connectivity index (χ1v) is 15.6. The van der Waals surface area contributed by atoms with E-state index in [1.54, 1.807) is 41.1 Å². The third-order valence-electron chi connectivity index (χ3n) is 8.36. The summed E-state index contributed by atoms with van der Waals surface area (Å²) in [7, 11) is 1.76. The lowest BCUT2D eigenvalue weighted by atomic mass is 9.91. The molecule has 0 spiro atoms. The summed E-state index contributed by atoms with van der Waals surface area (Å²) in [5, 5.41) is 18.7. The van der Waals surface area contributed by atoms with E-state index < -0.39 is 17.3 Å². The highest BCUT2D eigenvalue weighted by molar-refractivity contribution is 5.89. The Morgan fingerprint density at radius 3 is 2.49 bits per heavy atom. The lowest BCUT2D eigenvalue weighted by Gasteiger charge is -2.38. The van der Waals surface area contributed by atoms with Crippen molar-refractivity contribution in [2.24, 2.45) is 7.05 Å². The maximum Gasteiger partial charge on any atom is 0.407 e. The molecule has 1 aliphatic rings. The Bertz CT molecular complexity index is 1940. The molecule has 4 heterocycles. The Balaban J connectivity index is 1.10. The van der Waals surface area contributed by atoms with Crippen molar-refractivity contribution in [2.45, 2.75) is 64.4 Å². The highest BCUT2D eigenvalue weighted by atomic mass is 19.1. The van der Waals surface area contributed by atoms with Crippen LogP contribution in [0.3, 0.4) is 0 Å². The number of halogens is 1. The minimum Gasteiger partial charge on any atom is -0.444 e. The molecule has 0 bridgehead atoms. The number of carbonyl (C=O) groups is 1. The summed E-state index contributed by atoms with van der Waals surface area (Å²) < 4.78 is 25.0. The van der Waals surface area contributed by atoms with Gasteiger partial charge >= 0.3 is 6.09 Å². The number of rotatable bonds is 8. The van der Waals surface area contributed by atoms with E-state index >= 15 is 0 Å². The van der Waals surface area contributed by atoms with Crippen molar-refractivity contribution in [3.05, 3.63) is 94.8 Å². The second-order valence-electron chi connectivity index (χ2n) is 13.1. The van der Waals surface area contributed by atoms with E-state index in [2.05, 4.69) is 25.3 Å². The Morgan fingerprint density at radius 2 is 1.83 bits per heavy atom. The number of aryl methyl sites for hydroxylation is 1. The zero-order chi connectivity index (χ0) is 33.3. The summed E-state index contributed by atoms with van der Waals surface area (Å²) >= 11 is 0. The van der Waals surface area contributed by atoms with Gasteiger partial charge in [0.2, 0.25) is 0 Å². The van der Waals surface area contributed by atoms with Crippen molar-refractivity contribution >= 4 is 17.1 Å². The number of nitrogens with one attached hydrogen (secondary N) is 1. The van der Waals surface area contributed by atoms with Gasteiger partial charge in [0, 0.05) is 62.4 Å². The summed E-state index contributed by atoms with van der Waals surface area (Å²) in [5.41, 5.74) is 2.35. The van der Waals surface area contributed by atoms with Gasteiger partial charge in [-0.1, -0.05) is 30.3 Å². The zero-order valence-electron chi connectivity index (χ0n) is 27.0. The van der Waals surface area contributed by atoms with Gasteiger partial charge in [0.05, 0.1) is 30.5 Å². The first kappa shape index (κ1) is 32.1. The van der Waals surface area contributed by atoms with Crippen molar-refractivity contribution in [3.8, 4) is 16.9 Å². The second-order valence-corrected chi connectivity index (χ2v) is 13.1. The molecule has 0 aliphatic carbocycles. The summed E-state index contributed by atoms with van der Waals surface area (Å²) in [6, 6.07) is 12.7. The van der Waals surface area contributed by atoms with E-state index in [4.69, 9.17) is 4.74 Å². The molecule has 6 rings (SSSR count). The summed E-state index contributed by atoms with van der Waals surface area (Å²) in [6.45, 7) is 7.36. The number of carbonyl (C=O) groups excluding carboxylic acids is 1. The number of hydrogen-bond donors (Lipinski definition) is 2. The predicted molar refractivity (Wildman–Crippen MR) is 174 cm³/mol. The van der Waals surface area contributed by atoms with Gasteiger partial charge in [-0.25, -0.2) is 19.2 Å². The maximum absolute atomic E-state index is 14.9. The monoisotopic (exact) mass is 642 g/mol. The van der Waals surface area contributed by atoms with E-state index in [1.165, 1.54) is 17.0 Å². The third-order valence-corrected chi connectivity index (χ3v) is 8.36. The molecule has 0 unspecified atom stereocenters. The topological polar surface area (TPSA) is 132 Å². The maximum atomic E-state index is 14.9. The quantitative estimate of drug-likeness (QED) is 0.258. The fraction of sp³-hybridized carbons (Fsp3) is 0.382. The van der Waals surface area contributed by atoms with Crippen LogP contribution in [0.5, 0.6) is 0 Å². The Morgan fingerprint density at radius 1 is 1.09 bits per heavy atom. The standard InChI is InChI=1S/C34H39FN8O4/c1-33(2,3)47-32(45)37-18-23-5-7-24(8-6-23)30-28-29(39-40(30)4)31(44)43(22-38-28)20-34(46)11-14-41(15-12-34)19-25-9-10-26(17-27(25)35)42-16-13-36-21-42/h5-10,13,16-17,21-22,46H,11-12,14-15,18-20H2,1-4H3,(H,37,45). The number of fused-ring (bicyclic) bond motifs is 1. The summed E-state index contributed by atoms with van der Waals surface area (Å²) in [5.74, 6) is -0.288. The zero-order valence-corrected chi connectivity index (χ0v) is 27.0. The largest absolute Gasteiger partial charge is 0.444 e. The molecule has 0 radical (unpaired) electrons. The van der Waals surface area contributed by atoms with Gasteiger partial charge < -0.3 is 19.7 Å². The van der Waals surface area contributed by atoms with Crippen LogP contribution < -0.4 is 10.9 Å². The Hall–Kier alpha value is -4.88. The molecule has 1 fully saturated rings. The lowest BCUT2D eigenvalue weighted by Crippen LogP contribution is -2.47. The number of imidazole rings is 1. The SMILES string of the molecule is Cn1nc2c(=O)n(CC3(O)CCN(Cc4ccc(-n5ccnc5)cc4F)CC3)cnc2c1-c1ccc(CNC(=O)OC(C)(C)C)cc1. The van der Waals surface area contributed by atoms with E-state index in [0.29, 0.717) is 61.5 Å². The molecule has 3 aromatic heterocycles. The highest BCUT2D eigenvalue weighted by Crippen LogP contribution is 2.28. The highest BCUT2D eigenvalue weighted by Gasteiger charge is 2.34. The minimum atomic E-state index is -1.11. The molecule has 13 heteroatoms. The van der Waals surface area contributed by atoms with Crippen molar-refractivity contribution in [1.29, 1.82) is 0 Å². The average Bonchev–Trinajstić information content (AvgIpc) is 3.68. The van der Waals surface area contributed by atoms with E-state index in [1.807, 2.05) is 51.1 Å². The average molecular weight is 643 g/mol. The Labute approximate surface area is 271 Å². The molecular formula is C34H39FN8O4.